The lowest BCUT2D eigenvalue weighted by atomic mass is 10.2. The molecule has 1 atom stereocenters. The average molecular weight is 299 g/mol. The largest absolute Gasteiger partial charge is 0.326 e. The van der Waals surface area contributed by atoms with Crippen molar-refractivity contribution in [3.05, 3.63) is 33.2 Å². The third-order valence-corrected chi connectivity index (χ3v) is 4.78. The Bertz CT molecular complexity index is 583. The van der Waals surface area contributed by atoms with Crippen LogP contribution in [0, 0.1) is 0 Å². The summed E-state index contributed by atoms with van der Waals surface area (Å²) in [5.74, 6) is 2.19. The highest BCUT2D eigenvalue weighted by molar-refractivity contribution is 9.10. The van der Waals surface area contributed by atoms with Gasteiger partial charge < -0.3 is 4.98 Å². The molecule has 3 nitrogen and oxygen atoms in total. The van der Waals surface area contributed by atoms with Crippen LogP contribution in [-0.2, 0) is 0 Å². The standard InChI is InChI=1S/C11H11BrN2OS/c12-8-2-1-3-9-10(8)13-11(15)14(9)7-4-5-16-6-7/h1-3,7H,4-6H2,(H,13,15). The number of nitrogens with zero attached hydrogens (tertiary/aromatic N) is 1. The number of hydrogen-bond donors (Lipinski definition) is 1. The van der Waals surface area contributed by atoms with E-state index in [1.165, 1.54) is 0 Å². The zero-order chi connectivity index (χ0) is 11.1. The molecule has 1 aliphatic heterocycles. The van der Waals surface area contributed by atoms with Crippen LogP contribution in [0.2, 0.25) is 0 Å². The van der Waals surface area contributed by atoms with Gasteiger partial charge >= 0.3 is 5.69 Å². The normalized spacial score (nSPS) is 20.7. The van der Waals surface area contributed by atoms with Crippen molar-refractivity contribution in [2.75, 3.05) is 11.5 Å². The van der Waals surface area contributed by atoms with E-state index in [1.807, 2.05) is 34.5 Å². The Hall–Kier alpha value is -0.680. The minimum atomic E-state index is 0.00870. The quantitative estimate of drug-likeness (QED) is 0.879. The van der Waals surface area contributed by atoms with Gasteiger partial charge in [0.15, 0.2) is 0 Å². The highest BCUT2D eigenvalue weighted by atomic mass is 79.9. The molecule has 3 rings (SSSR count). The van der Waals surface area contributed by atoms with Crippen LogP contribution in [0.3, 0.4) is 0 Å². The first-order valence-electron chi connectivity index (χ1n) is 5.24. The first kappa shape index (κ1) is 10.5. The monoisotopic (exact) mass is 298 g/mol. The Kier molecular flexibility index (Phi) is 2.59. The number of halogens is 1. The lowest BCUT2D eigenvalue weighted by Gasteiger charge is -2.10. The third-order valence-electron chi connectivity index (χ3n) is 2.97. The SMILES string of the molecule is O=c1[nH]c2c(Br)cccc2n1C1CCSC1. The number of thioether (sulfide) groups is 1. The van der Waals surface area contributed by atoms with Crippen molar-refractivity contribution < 1.29 is 0 Å². The van der Waals surface area contributed by atoms with Crippen LogP contribution in [0.1, 0.15) is 12.5 Å². The number of imidazole rings is 1. The highest BCUT2D eigenvalue weighted by Crippen LogP contribution is 2.30. The minimum absolute atomic E-state index is 0.00870. The number of aromatic amines is 1. The number of nitrogens with one attached hydrogen (secondary N) is 1. The number of H-pyrrole nitrogens is 1. The molecule has 1 aromatic heterocycles. The van der Waals surface area contributed by atoms with Crippen LogP contribution in [0.5, 0.6) is 0 Å². The van der Waals surface area contributed by atoms with Crippen LogP contribution < -0.4 is 5.69 Å². The van der Waals surface area contributed by atoms with E-state index in [0.29, 0.717) is 6.04 Å². The molecular formula is C11H11BrN2OS. The molecule has 0 spiro atoms. The molecule has 1 unspecified atom stereocenters. The number of benzene rings is 1. The van der Waals surface area contributed by atoms with Crippen molar-refractivity contribution in [1.29, 1.82) is 0 Å². The molecule has 0 amide bonds. The van der Waals surface area contributed by atoms with Gasteiger partial charge in [-0.25, -0.2) is 4.79 Å². The predicted octanol–water partition coefficient (Wildman–Crippen LogP) is 2.77. The zero-order valence-electron chi connectivity index (χ0n) is 8.57. The Labute approximate surface area is 105 Å². The molecule has 0 saturated carbocycles. The molecule has 16 heavy (non-hydrogen) atoms. The first-order valence-corrected chi connectivity index (χ1v) is 7.18. The van der Waals surface area contributed by atoms with E-state index in [2.05, 4.69) is 20.9 Å². The van der Waals surface area contributed by atoms with Crippen molar-refractivity contribution in [2.45, 2.75) is 12.5 Å². The van der Waals surface area contributed by atoms with Crippen LogP contribution in [-0.4, -0.2) is 21.1 Å². The van der Waals surface area contributed by atoms with Gasteiger partial charge in [0.05, 0.1) is 11.0 Å². The van der Waals surface area contributed by atoms with Crippen molar-refractivity contribution in [1.82, 2.24) is 9.55 Å². The summed E-state index contributed by atoms with van der Waals surface area (Å²) in [6.45, 7) is 0. The van der Waals surface area contributed by atoms with E-state index in [0.717, 1.165) is 33.4 Å². The Balaban J connectivity index is 2.27. The van der Waals surface area contributed by atoms with E-state index < -0.39 is 0 Å². The van der Waals surface area contributed by atoms with Gasteiger partial charge in [0.2, 0.25) is 0 Å². The van der Waals surface area contributed by atoms with Gasteiger partial charge in [-0.3, -0.25) is 4.57 Å². The van der Waals surface area contributed by atoms with E-state index in [4.69, 9.17) is 0 Å². The average Bonchev–Trinajstić information content (AvgIpc) is 2.85. The number of fused-ring (bicyclic) bond motifs is 1. The topological polar surface area (TPSA) is 37.8 Å². The van der Waals surface area contributed by atoms with Gasteiger partial charge in [0.1, 0.15) is 0 Å². The molecule has 1 aromatic carbocycles. The second-order valence-corrected chi connectivity index (χ2v) is 5.96. The maximum Gasteiger partial charge on any atom is 0.326 e. The van der Waals surface area contributed by atoms with Gasteiger partial charge in [0.25, 0.3) is 0 Å². The molecule has 84 valence electrons. The van der Waals surface area contributed by atoms with Crippen LogP contribution in [0.15, 0.2) is 27.5 Å². The third kappa shape index (κ3) is 1.53. The maximum absolute atomic E-state index is 12.0. The molecule has 1 fully saturated rings. The molecule has 0 radical (unpaired) electrons. The number of para-hydroxylation sites is 1. The lowest BCUT2D eigenvalue weighted by Crippen LogP contribution is -2.21. The van der Waals surface area contributed by atoms with Crippen molar-refractivity contribution in [3.63, 3.8) is 0 Å². The van der Waals surface area contributed by atoms with Gasteiger partial charge in [-0.05, 0) is 40.2 Å². The summed E-state index contributed by atoms with van der Waals surface area (Å²) in [5, 5.41) is 0. The molecule has 1 N–H and O–H groups in total. The summed E-state index contributed by atoms with van der Waals surface area (Å²) >= 11 is 5.38. The van der Waals surface area contributed by atoms with Crippen LogP contribution in [0.25, 0.3) is 11.0 Å². The Morgan fingerprint density at radius 3 is 3.12 bits per heavy atom. The van der Waals surface area contributed by atoms with Crippen molar-refractivity contribution in [2.24, 2.45) is 0 Å². The van der Waals surface area contributed by atoms with Gasteiger partial charge in [-0.15, -0.1) is 0 Å². The lowest BCUT2D eigenvalue weighted by molar-refractivity contribution is 0.559. The van der Waals surface area contributed by atoms with E-state index >= 15 is 0 Å². The molecule has 0 bridgehead atoms. The minimum Gasteiger partial charge on any atom is -0.305 e. The molecule has 2 aromatic rings. The zero-order valence-corrected chi connectivity index (χ0v) is 11.0. The Morgan fingerprint density at radius 2 is 2.38 bits per heavy atom. The molecular weight excluding hydrogens is 288 g/mol. The molecule has 5 heteroatoms. The summed E-state index contributed by atoms with van der Waals surface area (Å²) in [7, 11) is 0. The number of rotatable bonds is 1. The van der Waals surface area contributed by atoms with E-state index in [-0.39, 0.29) is 5.69 Å². The fourth-order valence-corrected chi connectivity index (χ4v) is 3.85. The molecule has 2 heterocycles. The predicted molar refractivity (Wildman–Crippen MR) is 71.2 cm³/mol. The molecule has 1 aliphatic rings. The fraction of sp³-hybridized carbons (Fsp3) is 0.364. The van der Waals surface area contributed by atoms with Gasteiger partial charge in [-0.2, -0.15) is 11.8 Å². The summed E-state index contributed by atoms with van der Waals surface area (Å²) in [5.41, 5.74) is 1.92. The van der Waals surface area contributed by atoms with Crippen LogP contribution >= 0.6 is 27.7 Å². The van der Waals surface area contributed by atoms with Crippen molar-refractivity contribution >= 4 is 38.7 Å². The van der Waals surface area contributed by atoms with E-state index in [9.17, 15) is 4.79 Å². The smallest absolute Gasteiger partial charge is 0.305 e. The van der Waals surface area contributed by atoms with E-state index in [1.54, 1.807) is 0 Å². The molecule has 1 saturated heterocycles. The summed E-state index contributed by atoms with van der Waals surface area (Å²) in [6, 6.07) is 6.27. The number of aromatic nitrogens is 2. The molecule has 0 aliphatic carbocycles. The van der Waals surface area contributed by atoms with Crippen molar-refractivity contribution in [3.8, 4) is 0 Å². The number of hydrogen-bond acceptors (Lipinski definition) is 2. The highest BCUT2D eigenvalue weighted by Gasteiger charge is 2.21. The van der Waals surface area contributed by atoms with Gasteiger partial charge in [0, 0.05) is 16.3 Å². The second kappa shape index (κ2) is 3.96. The second-order valence-electron chi connectivity index (χ2n) is 3.95. The fourth-order valence-electron chi connectivity index (χ4n) is 2.20. The summed E-state index contributed by atoms with van der Waals surface area (Å²) in [4.78, 5) is 14.9. The maximum atomic E-state index is 12.0. The van der Waals surface area contributed by atoms with Gasteiger partial charge in [-0.1, -0.05) is 6.07 Å². The van der Waals surface area contributed by atoms with Crippen LogP contribution in [0.4, 0.5) is 0 Å². The summed E-state index contributed by atoms with van der Waals surface area (Å²) in [6.07, 6.45) is 1.09. The Morgan fingerprint density at radius 1 is 1.50 bits per heavy atom. The first-order chi connectivity index (χ1) is 7.77. The summed E-state index contributed by atoms with van der Waals surface area (Å²) < 4.78 is 2.85.